The zero-order valence-corrected chi connectivity index (χ0v) is 30.3. The lowest BCUT2D eigenvalue weighted by atomic mass is 9.88. The Morgan fingerprint density at radius 1 is 0.843 bits per heavy atom. The predicted molar refractivity (Wildman–Crippen MR) is 187 cm³/mol. The molecule has 3 aromatic rings. The van der Waals surface area contributed by atoms with Crippen molar-refractivity contribution >= 4 is 46.8 Å². The van der Waals surface area contributed by atoms with Crippen LogP contribution < -0.4 is 16.0 Å². The second-order valence-electron chi connectivity index (χ2n) is 11.8. The number of nitrogens with zero attached hydrogens (tertiary/aromatic N) is 1. The first kappa shape index (κ1) is 40.4. The lowest BCUT2D eigenvalue weighted by Crippen LogP contribution is -2.60. The molecule has 0 spiro atoms. The summed E-state index contributed by atoms with van der Waals surface area (Å²) in [5.74, 6) is -3.96. The summed E-state index contributed by atoms with van der Waals surface area (Å²) in [5, 5.41) is 8.59. The SMILES string of the molecule is CC[C@@](C)(OC(=O)c1ccccc1COC(C)=O)C(=O)[C@H](Cc1ccccc1)NC(=O)[C@H](COC)NC(=O)[C@H](COC)NC(=O)c1cnc(C)s1. The maximum atomic E-state index is 14.3. The van der Waals surface area contributed by atoms with E-state index in [1.54, 1.807) is 62.4 Å². The van der Waals surface area contributed by atoms with E-state index in [0.717, 1.165) is 11.3 Å². The molecule has 0 aliphatic carbocycles. The Hall–Kier alpha value is -4.99. The molecule has 51 heavy (non-hydrogen) atoms. The van der Waals surface area contributed by atoms with Crippen molar-refractivity contribution in [3.63, 3.8) is 0 Å². The molecule has 2 aromatic carbocycles. The Bertz CT molecular complexity index is 1680. The summed E-state index contributed by atoms with van der Waals surface area (Å²) in [6, 6.07) is 11.6. The molecule has 0 radical (unpaired) electrons. The van der Waals surface area contributed by atoms with Crippen molar-refractivity contribution in [2.75, 3.05) is 27.4 Å². The first-order chi connectivity index (χ1) is 24.3. The molecular formula is C36H44N4O10S. The van der Waals surface area contributed by atoms with Crippen molar-refractivity contribution in [3.05, 3.63) is 87.4 Å². The molecule has 0 saturated carbocycles. The first-order valence-corrected chi connectivity index (χ1v) is 17.0. The van der Waals surface area contributed by atoms with Crippen molar-refractivity contribution in [3.8, 4) is 0 Å². The van der Waals surface area contributed by atoms with Crippen molar-refractivity contribution in [1.82, 2.24) is 20.9 Å². The standard InChI is InChI=1S/C36H44N4O10S/c1-7-36(4,50-35(46)26-16-12-11-15-25(26)19-49-23(3)41)31(42)27(17-24-13-9-8-10-14-24)38-32(43)28(20-47-5)39-33(44)29(21-48-6)40-34(45)30-18-37-22(2)51-30/h8-16,18,27-29H,7,17,19-21H2,1-6H3,(H,38,43)(H,39,44)(H,40,45)/t27-,28-,29-,36+/m0/s1. The number of Topliss-reactive ketones (excluding diaryl/α,β-unsaturated/α-hetero) is 1. The summed E-state index contributed by atoms with van der Waals surface area (Å²) < 4.78 is 21.3. The molecule has 0 fully saturated rings. The molecule has 4 atom stereocenters. The van der Waals surface area contributed by atoms with Gasteiger partial charge in [-0.15, -0.1) is 11.3 Å². The van der Waals surface area contributed by atoms with Gasteiger partial charge in [-0.3, -0.25) is 24.0 Å². The molecule has 1 aromatic heterocycles. The number of carbonyl (C=O) groups excluding carboxylic acids is 6. The molecule has 1 heterocycles. The van der Waals surface area contributed by atoms with Crippen LogP contribution in [0.2, 0.25) is 0 Å². The number of rotatable bonds is 19. The summed E-state index contributed by atoms with van der Waals surface area (Å²) in [5.41, 5.74) is -0.496. The third kappa shape index (κ3) is 11.8. The number of carbonyl (C=O) groups is 6. The van der Waals surface area contributed by atoms with Crippen LogP contribution >= 0.6 is 11.3 Å². The summed E-state index contributed by atoms with van der Waals surface area (Å²) in [7, 11) is 2.70. The van der Waals surface area contributed by atoms with E-state index in [1.165, 1.54) is 40.3 Å². The average Bonchev–Trinajstić information content (AvgIpc) is 3.56. The number of methoxy groups -OCH3 is 2. The van der Waals surface area contributed by atoms with Crippen LogP contribution in [0.15, 0.2) is 60.8 Å². The van der Waals surface area contributed by atoms with Crippen LogP contribution in [-0.4, -0.2) is 91.6 Å². The highest BCUT2D eigenvalue weighted by Crippen LogP contribution is 2.24. The van der Waals surface area contributed by atoms with Crippen molar-refractivity contribution in [2.45, 2.75) is 70.9 Å². The zero-order chi connectivity index (χ0) is 37.6. The van der Waals surface area contributed by atoms with Crippen LogP contribution in [0.1, 0.15) is 63.4 Å². The Morgan fingerprint density at radius 3 is 2.00 bits per heavy atom. The van der Waals surface area contributed by atoms with Gasteiger partial charge in [0.05, 0.1) is 36.0 Å². The molecule has 274 valence electrons. The molecule has 3 rings (SSSR count). The van der Waals surface area contributed by atoms with Crippen LogP contribution in [0.5, 0.6) is 0 Å². The number of thiazole rings is 1. The van der Waals surface area contributed by atoms with Crippen molar-refractivity contribution < 1.29 is 47.7 Å². The smallest absolute Gasteiger partial charge is 0.339 e. The Labute approximate surface area is 300 Å². The maximum Gasteiger partial charge on any atom is 0.339 e. The maximum absolute atomic E-state index is 14.3. The second-order valence-corrected chi connectivity index (χ2v) is 13.0. The monoisotopic (exact) mass is 724 g/mol. The van der Waals surface area contributed by atoms with Crippen LogP contribution in [0.3, 0.4) is 0 Å². The van der Waals surface area contributed by atoms with Crippen LogP contribution in [0, 0.1) is 6.92 Å². The molecule has 14 nitrogen and oxygen atoms in total. The highest BCUT2D eigenvalue weighted by atomic mass is 32.1. The number of nitrogens with one attached hydrogen (secondary N) is 3. The lowest BCUT2D eigenvalue weighted by Gasteiger charge is -2.32. The number of ketones is 1. The summed E-state index contributed by atoms with van der Waals surface area (Å²) in [6.45, 7) is 5.48. The number of aromatic nitrogens is 1. The first-order valence-electron chi connectivity index (χ1n) is 16.2. The second kappa shape index (κ2) is 19.4. The Morgan fingerprint density at radius 2 is 1.43 bits per heavy atom. The molecule has 0 aliphatic rings. The third-order valence-electron chi connectivity index (χ3n) is 7.86. The largest absolute Gasteiger partial charge is 0.461 e. The number of esters is 2. The minimum Gasteiger partial charge on any atom is -0.461 e. The van der Waals surface area contributed by atoms with E-state index in [0.29, 0.717) is 21.0 Å². The zero-order valence-electron chi connectivity index (χ0n) is 29.5. The van der Waals surface area contributed by atoms with Gasteiger partial charge in [0.15, 0.2) is 11.4 Å². The van der Waals surface area contributed by atoms with Gasteiger partial charge in [-0.25, -0.2) is 9.78 Å². The number of amides is 3. The van der Waals surface area contributed by atoms with Gasteiger partial charge >= 0.3 is 11.9 Å². The molecule has 3 amide bonds. The quantitative estimate of drug-likeness (QED) is 0.154. The number of benzene rings is 2. The Kier molecular flexibility index (Phi) is 15.4. The van der Waals surface area contributed by atoms with Gasteiger partial charge in [0, 0.05) is 26.7 Å². The van der Waals surface area contributed by atoms with Crippen LogP contribution in [-0.2, 0) is 51.2 Å². The number of hydrogen-bond donors (Lipinski definition) is 3. The number of hydrogen-bond acceptors (Lipinski definition) is 12. The van der Waals surface area contributed by atoms with Gasteiger partial charge in [-0.2, -0.15) is 0 Å². The van der Waals surface area contributed by atoms with Crippen molar-refractivity contribution in [1.29, 1.82) is 0 Å². The van der Waals surface area contributed by atoms with Gasteiger partial charge in [-0.05, 0) is 38.3 Å². The summed E-state index contributed by atoms with van der Waals surface area (Å²) in [4.78, 5) is 83.5. The normalized spacial score (nSPS) is 13.8. The van der Waals surface area contributed by atoms with E-state index in [4.69, 9.17) is 18.9 Å². The van der Waals surface area contributed by atoms with E-state index in [1.807, 2.05) is 0 Å². The average molecular weight is 725 g/mol. The molecule has 15 heteroatoms. The third-order valence-corrected chi connectivity index (χ3v) is 8.78. The fraction of sp³-hybridized carbons (Fsp3) is 0.417. The highest BCUT2D eigenvalue weighted by molar-refractivity contribution is 7.13. The summed E-state index contributed by atoms with van der Waals surface area (Å²) >= 11 is 1.15. The molecule has 0 bridgehead atoms. The van der Waals surface area contributed by atoms with Crippen LogP contribution in [0.25, 0.3) is 0 Å². The molecule has 3 N–H and O–H groups in total. The minimum atomic E-state index is -1.71. The van der Waals surface area contributed by atoms with Gasteiger partial charge in [0.2, 0.25) is 11.8 Å². The van der Waals surface area contributed by atoms with E-state index in [9.17, 15) is 28.8 Å². The van der Waals surface area contributed by atoms with Gasteiger partial charge < -0.3 is 34.9 Å². The molecule has 0 unspecified atom stereocenters. The lowest BCUT2D eigenvalue weighted by molar-refractivity contribution is -0.142. The minimum absolute atomic E-state index is 0.0336. The number of aryl methyl sites for hydroxylation is 1. The van der Waals surface area contributed by atoms with Gasteiger partial charge in [-0.1, -0.05) is 55.5 Å². The van der Waals surface area contributed by atoms with Crippen molar-refractivity contribution in [2.24, 2.45) is 0 Å². The molecule has 0 aliphatic heterocycles. The highest BCUT2D eigenvalue weighted by Gasteiger charge is 2.42. The predicted octanol–water partition coefficient (Wildman–Crippen LogP) is 2.71. The summed E-state index contributed by atoms with van der Waals surface area (Å²) in [6.07, 6.45) is 1.48. The van der Waals surface area contributed by atoms with E-state index < -0.39 is 59.2 Å². The number of ether oxygens (including phenoxy) is 4. The molecule has 0 saturated heterocycles. The fourth-order valence-electron chi connectivity index (χ4n) is 4.95. The van der Waals surface area contributed by atoms with Gasteiger partial charge in [0.25, 0.3) is 5.91 Å². The fourth-order valence-corrected chi connectivity index (χ4v) is 5.63. The van der Waals surface area contributed by atoms with E-state index >= 15 is 0 Å². The molecular weight excluding hydrogens is 680 g/mol. The van der Waals surface area contributed by atoms with Gasteiger partial charge in [0.1, 0.15) is 23.6 Å². The van der Waals surface area contributed by atoms with E-state index in [-0.39, 0.29) is 38.2 Å². The Balaban J connectivity index is 1.85. The van der Waals surface area contributed by atoms with Crippen LogP contribution in [0.4, 0.5) is 0 Å². The topological polar surface area (TPSA) is 188 Å². The van der Waals surface area contributed by atoms with E-state index in [2.05, 4.69) is 20.9 Å².